The summed E-state index contributed by atoms with van der Waals surface area (Å²) in [5, 5.41) is 10.3. The van der Waals surface area contributed by atoms with Crippen molar-refractivity contribution in [3.05, 3.63) is 5.21 Å². The Hall–Kier alpha value is -0.160. The summed E-state index contributed by atoms with van der Waals surface area (Å²) < 4.78 is 0. The molecule has 0 radical (unpaired) electrons. The van der Waals surface area contributed by atoms with Gasteiger partial charge in [-0.3, -0.25) is 9.68 Å². The lowest BCUT2D eigenvalue weighted by atomic mass is 10.9. The van der Waals surface area contributed by atoms with Crippen molar-refractivity contribution in [1.82, 2.24) is 5.39 Å². The molecule has 1 fully saturated rings. The molecule has 0 aromatic carbocycles. The van der Waals surface area contributed by atoms with E-state index in [1.807, 2.05) is 0 Å². The third kappa shape index (κ3) is 1.75. The standard InChI is InChI=1S/C4H8NO3/c1-7-5(6)8-4-2-3-4/h4H,2-3H2,1H3/q-1. The molecule has 4 nitrogen and oxygen atoms in total. The van der Waals surface area contributed by atoms with E-state index in [0.29, 0.717) is 0 Å². The van der Waals surface area contributed by atoms with Crippen LogP contribution in [0.25, 0.3) is 0 Å². The monoisotopic (exact) mass is 118 g/mol. The zero-order chi connectivity index (χ0) is 5.98. The molecule has 1 rings (SSSR count). The minimum absolute atomic E-state index is 0.118. The minimum atomic E-state index is 0.118. The lowest BCUT2D eigenvalue weighted by Crippen LogP contribution is -2.15. The van der Waals surface area contributed by atoms with Crippen LogP contribution in [0.4, 0.5) is 0 Å². The van der Waals surface area contributed by atoms with Crippen molar-refractivity contribution in [2.75, 3.05) is 7.11 Å². The largest absolute Gasteiger partial charge is 0.738 e. The summed E-state index contributed by atoms with van der Waals surface area (Å²) in [6, 6.07) is 0. The van der Waals surface area contributed by atoms with Gasteiger partial charge in [0.05, 0.1) is 13.2 Å². The molecule has 0 atom stereocenters. The van der Waals surface area contributed by atoms with Gasteiger partial charge >= 0.3 is 0 Å². The number of nitrogens with zero attached hydrogens (tertiary/aromatic N) is 1. The van der Waals surface area contributed by atoms with Gasteiger partial charge in [-0.1, -0.05) is 0 Å². The van der Waals surface area contributed by atoms with Gasteiger partial charge in [0.15, 0.2) is 0 Å². The highest BCUT2D eigenvalue weighted by Crippen LogP contribution is 2.24. The van der Waals surface area contributed by atoms with Crippen LogP contribution in [0.1, 0.15) is 12.8 Å². The van der Waals surface area contributed by atoms with Crippen molar-refractivity contribution < 1.29 is 9.68 Å². The zero-order valence-electron chi connectivity index (χ0n) is 4.66. The smallest absolute Gasteiger partial charge is 0.0810 e. The van der Waals surface area contributed by atoms with Crippen LogP contribution in [-0.4, -0.2) is 18.6 Å². The van der Waals surface area contributed by atoms with Gasteiger partial charge in [-0.2, -0.15) is 0 Å². The summed E-state index contributed by atoms with van der Waals surface area (Å²) in [5.41, 5.74) is 0. The molecular weight excluding hydrogens is 110 g/mol. The SMILES string of the molecule is CON([O-])OC1CC1. The van der Waals surface area contributed by atoms with Gasteiger partial charge in [-0.15, -0.1) is 5.39 Å². The van der Waals surface area contributed by atoms with Crippen LogP contribution >= 0.6 is 0 Å². The van der Waals surface area contributed by atoms with Gasteiger partial charge in [0.25, 0.3) is 0 Å². The predicted octanol–water partition coefficient (Wildman–Crippen LogP) is 0.442. The highest BCUT2D eigenvalue weighted by Gasteiger charge is 2.23. The minimum Gasteiger partial charge on any atom is -0.738 e. The summed E-state index contributed by atoms with van der Waals surface area (Å²) >= 11 is 0. The second kappa shape index (κ2) is 2.41. The predicted molar refractivity (Wildman–Crippen MR) is 26.3 cm³/mol. The Kier molecular flexibility index (Phi) is 1.80. The van der Waals surface area contributed by atoms with Crippen molar-refractivity contribution in [2.45, 2.75) is 18.9 Å². The lowest BCUT2D eigenvalue weighted by molar-refractivity contribution is -0.328. The fourth-order valence-electron chi connectivity index (χ4n) is 0.338. The topological polar surface area (TPSA) is 44.8 Å². The maximum absolute atomic E-state index is 10.1. The molecule has 1 aliphatic rings. The van der Waals surface area contributed by atoms with Crippen molar-refractivity contribution in [1.29, 1.82) is 0 Å². The van der Waals surface area contributed by atoms with Crippen LogP contribution in [0.2, 0.25) is 0 Å². The molecule has 48 valence electrons. The van der Waals surface area contributed by atoms with E-state index in [1.165, 1.54) is 7.11 Å². The normalized spacial score (nSPS) is 19.9. The first-order chi connectivity index (χ1) is 3.83. The molecule has 1 aliphatic carbocycles. The Morgan fingerprint density at radius 3 is 2.62 bits per heavy atom. The summed E-state index contributed by atoms with van der Waals surface area (Å²) in [4.78, 5) is 8.72. The van der Waals surface area contributed by atoms with E-state index in [9.17, 15) is 5.21 Å². The Balaban J connectivity index is 1.98. The van der Waals surface area contributed by atoms with Crippen molar-refractivity contribution >= 4 is 0 Å². The number of rotatable bonds is 3. The fraction of sp³-hybridized carbons (Fsp3) is 1.00. The van der Waals surface area contributed by atoms with Gasteiger partial charge in [0.1, 0.15) is 0 Å². The maximum Gasteiger partial charge on any atom is 0.0810 e. The molecular formula is C4H8NO3-. The van der Waals surface area contributed by atoms with E-state index < -0.39 is 0 Å². The zero-order valence-corrected chi connectivity index (χ0v) is 4.66. The van der Waals surface area contributed by atoms with Gasteiger partial charge in [0.2, 0.25) is 0 Å². The molecule has 4 heteroatoms. The Bertz CT molecular complexity index is 73.7. The van der Waals surface area contributed by atoms with E-state index in [0.717, 1.165) is 12.8 Å². The lowest BCUT2D eigenvalue weighted by Gasteiger charge is -2.22. The van der Waals surface area contributed by atoms with E-state index >= 15 is 0 Å². The Morgan fingerprint density at radius 2 is 2.25 bits per heavy atom. The first-order valence-electron chi connectivity index (χ1n) is 2.51. The molecule has 0 aromatic heterocycles. The van der Waals surface area contributed by atoms with Crippen molar-refractivity contribution in [3.8, 4) is 0 Å². The molecule has 8 heavy (non-hydrogen) atoms. The molecule has 0 bridgehead atoms. The van der Waals surface area contributed by atoms with Crippen LogP contribution in [0.5, 0.6) is 0 Å². The molecule has 0 saturated heterocycles. The van der Waals surface area contributed by atoms with E-state index in [-0.39, 0.29) is 11.5 Å². The highest BCUT2D eigenvalue weighted by atomic mass is 17.1. The molecule has 0 aromatic rings. The molecule has 0 N–H and O–H groups in total. The van der Waals surface area contributed by atoms with E-state index in [4.69, 9.17) is 0 Å². The second-order valence-electron chi connectivity index (χ2n) is 1.71. The van der Waals surface area contributed by atoms with Gasteiger partial charge in [-0.05, 0) is 12.8 Å². The summed E-state index contributed by atoms with van der Waals surface area (Å²) in [5.74, 6) is 0. The first kappa shape index (κ1) is 5.97. The van der Waals surface area contributed by atoms with Crippen LogP contribution in [0, 0.1) is 5.21 Å². The summed E-state index contributed by atoms with van der Waals surface area (Å²) in [7, 11) is 1.27. The van der Waals surface area contributed by atoms with Crippen LogP contribution in [0.3, 0.4) is 0 Å². The third-order valence-corrected chi connectivity index (χ3v) is 0.909. The molecule has 0 aliphatic heterocycles. The average Bonchev–Trinajstić information content (AvgIpc) is 2.50. The van der Waals surface area contributed by atoms with Crippen molar-refractivity contribution in [2.24, 2.45) is 0 Å². The molecule has 0 unspecified atom stereocenters. The van der Waals surface area contributed by atoms with Gasteiger partial charge in [0, 0.05) is 0 Å². The second-order valence-corrected chi connectivity index (χ2v) is 1.71. The van der Waals surface area contributed by atoms with Crippen LogP contribution in [-0.2, 0) is 9.68 Å². The number of hydrogen-bond acceptors (Lipinski definition) is 4. The quantitative estimate of drug-likeness (QED) is 0.504. The van der Waals surface area contributed by atoms with E-state index in [2.05, 4.69) is 9.68 Å². The molecule has 1 saturated carbocycles. The third-order valence-electron chi connectivity index (χ3n) is 0.909. The first-order valence-corrected chi connectivity index (χ1v) is 2.51. The Labute approximate surface area is 47.5 Å². The number of hydrogen-bond donors (Lipinski definition) is 0. The van der Waals surface area contributed by atoms with E-state index in [1.54, 1.807) is 0 Å². The van der Waals surface area contributed by atoms with Crippen LogP contribution in [0.15, 0.2) is 0 Å². The average molecular weight is 118 g/mol. The van der Waals surface area contributed by atoms with Gasteiger partial charge in [-0.25, -0.2) is 0 Å². The van der Waals surface area contributed by atoms with Crippen molar-refractivity contribution in [3.63, 3.8) is 0 Å². The molecule has 0 heterocycles. The highest BCUT2D eigenvalue weighted by molar-refractivity contribution is 4.71. The summed E-state index contributed by atoms with van der Waals surface area (Å²) in [6.45, 7) is 0. The maximum atomic E-state index is 10.1. The molecule has 0 spiro atoms. The van der Waals surface area contributed by atoms with Crippen LogP contribution < -0.4 is 0 Å². The fourth-order valence-corrected chi connectivity index (χ4v) is 0.338. The Morgan fingerprint density at radius 1 is 1.62 bits per heavy atom. The summed E-state index contributed by atoms with van der Waals surface area (Å²) in [6.07, 6.45) is 2.07. The van der Waals surface area contributed by atoms with Gasteiger partial charge < -0.3 is 5.21 Å². The molecule has 0 amide bonds.